The number of nitrogens with zero attached hydrogens (tertiary/aromatic N) is 4. The van der Waals surface area contributed by atoms with Crippen molar-refractivity contribution in [3.05, 3.63) is 60.4 Å². The maximum Gasteiger partial charge on any atom is 0.321 e. The fraction of sp³-hybridized carbons (Fsp3) is 0.190. The minimum atomic E-state index is -0.376. The Morgan fingerprint density at radius 2 is 2.03 bits per heavy atom. The van der Waals surface area contributed by atoms with Crippen LogP contribution in [0.4, 0.5) is 10.7 Å². The Kier molecular flexibility index (Phi) is 5.25. The Bertz CT molecular complexity index is 1210. The largest absolute Gasteiger partial charge is 0.338 e. The normalized spacial score (nSPS) is 10.9. The first-order valence-electron chi connectivity index (χ1n) is 9.65. The van der Waals surface area contributed by atoms with Crippen molar-refractivity contribution in [1.29, 1.82) is 0 Å². The number of urea groups is 1. The van der Waals surface area contributed by atoms with Crippen LogP contribution >= 0.6 is 0 Å². The standard InChI is InChI=1S/C21H21N7O2/c1-3-23-21(30)27-20-25-16-11-14(13-6-5-7-22-12-13)10-15(17(16)26-20)18(29)19-24-8-9-28(19)4-2/h5-12H,3-4H2,1-2H3,(H3,23,25,26,27,30). The summed E-state index contributed by atoms with van der Waals surface area (Å²) >= 11 is 0. The number of nitrogens with one attached hydrogen (secondary N) is 3. The first-order chi connectivity index (χ1) is 14.6. The third-order valence-corrected chi connectivity index (χ3v) is 4.66. The van der Waals surface area contributed by atoms with Crippen molar-refractivity contribution >= 4 is 28.8 Å². The van der Waals surface area contributed by atoms with Gasteiger partial charge in [0.05, 0.1) is 16.6 Å². The molecule has 3 N–H and O–H groups in total. The number of pyridine rings is 1. The lowest BCUT2D eigenvalue weighted by molar-refractivity contribution is 0.102. The van der Waals surface area contributed by atoms with Crippen LogP contribution in [0.25, 0.3) is 22.2 Å². The molecule has 0 fully saturated rings. The van der Waals surface area contributed by atoms with Gasteiger partial charge in [-0.15, -0.1) is 0 Å². The van der Waals surface area contributed by atoms with Gasteiger partial charge in [-0.2, -0.15) is 0 Å². The number of ketones is 1. The fourth-order valence-electron chi connectivity index (χ4n) is 3.26. The summed E-state index contributed by atoms with van der Waals surface area (Å²) in [6.45, 7) is 4.88. The molecule has 0 saturated carbocycles. The van der Waals surface area contributed by atoms with Crippen LogP contribution in [0.2, 0.25) is 0 Å². The van der Waals surface area contributed by atoms with E-state index >= 15 is 0 Å². The monoisotopic (exact) mass is 403 g/mol. The molecule has 0 atom stereocenters. The third kappa shape index (κ3) is 3.64. The second-order valence-electron chi connectivity index (χ2n) is 6.60. The maximum absolute atomic E-state index is 13.4. The number of anilines is 1. The smallest absolute Gasteiger partial charge is 0.321 e. The summed E-state index contributed by atoms with van der Waals surface area (Å²) in [7, 11) is 0. The van der Waals surface area contributed by atoms with Crippen molar-refractivity contribution in [3.8, 4) is 11.1 Å². The number of aromatic nitrogens is 5. The molecule has 2 amide bonds. The maximum atomic E-state index is 13.4. The van der Waals surface area contributed by atoms with E-state index in [0.717, 1.165) is 11.1 Å². The minimum absolute atomic E-state index is 0.231. The molecule has 9 nitrogen and oxygen atoms in total. The van der Waals surface area contributed by atoms with Crippen molar-refractivity contribution < 1.29 is 9.59 Å². The van der Waals surface area contributed by atoms with Crippen molar-refractivity contribution in [2.75, 3.05) is 11.9 Å². The number of carbonyl (C=O) groups excluding carboxylic acids is 2. The Balaban J connectivity index is 1.86. The summed E-state index contributed by atoms with van der Waals surface area (Å²) in [5, 5.41) is 5.31. The number of imidazole rings is 2. The summed E-state index contributed by atoms with van der Waals surface area (Å²) in [5.74, 6) is 0.368. The third-order valence-electron chi connectivity index (χ3n) is 4.66. The lowest BCUT2D eigenvalue weighted by atomic mass is 10.0. The highest BCUT2D eigenvalue weighted by Crippen LogP contribution is 2.28. The Labute approximate surface area is 172 Å². The van der Waals surface area contributed by atoms with Crippen LogP contribution in [0.5, 0.6) is 0 Å². The van der Waals surface area contributed by atoms with E-state index in [-0.39, 0.29) is 17.8 Å². The van der Waals surface area contributed by atoms with Gasteiger partial charge in [0.25, 0.3) is 0 Å². The number of benzene rings is 1. The van der Waals surface area contributed by atoms with Gasteiger partial charge in [0, 0.05) is 43.4 Å². The molecule has 3 aromatic heterocycles. The van der Waals surface area contributed by atoms with Gasteiger partial charge in [-0.25, -0.2) is 14.8 Å². The Morgan fingerprint density at radius 1 is 1.17 bits per heavy atom. The first-order valence-corrected chi connectivity index (χ1v) is 9.65. The van der Waals surface area contributed by atoms with Crippen molar-refractivity contribution in [1.82, 2.24) is 29.8 Å². The van der Waals surface area contributed by atoms with E-state index in [0.29, 0.717) is 35.5 Å². The van der Waals surface area contributed by atoms with E-state index in [1.54, 1.807) is 35.4 Å². The Hall–Kier alpha value is -4.01. The number of H-pyrrole nitrogens is 1. The molecule has 0 bridgehead atoms. The highest BCUT2D eigenvalue weighted by atomic mass is 16.2. The van der Waals surface area contributed by atoms with Crippen LogP contribution < -0.4 is 10.6 Å². The summed E-state index contributed by atoms with van der Waals surface area (Å²) in [5.41, 5.74) is 3.16. The van der Waals surface area contributed by atoms with Gasteiger partial charge >= 0.3 is 6.03 Å². The van der Waals surface area contributed by atoms with Gasteiger partial charge in [-0.1, -0.05) is 6.07 Å². The quantitative estimate of drug-likeness (QED) is 0.427. The number of amides is 2. The Morgan fingerprint density at radius 3 is 2.77 bits per heavy atom. The van der Waals surface area contributed by atoms with Crippen LogP contribution in [0.3, 0.4) is 0 Å². The van der Waals surface area contributed by atoms with E-state index < -0.39 is 0 Å². The topological polar surface area (TPSA) is 118 Å². The van der Waals surface area contributed by atoms with Gasteiger partial charge in [0.2, 0.25) is 11.7 Å². The van der Waals surface area contributed by atoms with Crippen LogP contribution in [0, 0.1) is 0 Å². The molecule has 0 unspecified atom stereocenters. The average Bonchev–Trinajstić information content (AvgIpc) is 3.39. The number of hydrogen-bond acceptors (Lipinski definition) is 5. The molecular weight excluding hydrogens is 382 g/mol. The molecule has 4 aromatic rings. The molecule has 0 saturated heterocycles. The van der Waals surface area contributed by atoms with Crippen molar-refractivity contribution in [2.24, 2.45) is 0 Å². The molecular formula is C21H21N7O2. The zero-order valence-corrected chi connectivity index (χ0v) is 16.6. The van der Waals surface area contributed by atoms with Crippen molar-refractivity contribution in [3.63, 3.8) is 0 Å². The predicted octanol–water partition coefficient (Wildman–Crippen LogP) is 3.21. The molecule has 9 heteroatoms. The minimum Gasteiger partial charge on any atom is -0.338 e. The zero-order valence-electron chi connectivity index (χ0n) is 16.6. The lowest BCUT2D eigenvalue weighted by Gasteiger charge is -2.08. The fourth-order valence-corrected chi connectivity index (χ4v) is 3.26. The zero-order chi connectivity index (χ0) is 21.1. The molecule has 0 aliphatic rings. The van der Waals surface area contributed by atoms with E-state index in [9.17, 15) is 9.59 Å². The van der Waals surface area contributed by atoms with E-state index in [1.165, 1.54) is 0 Å². The van der Waals surface area contributed by atoms with Crippen molar-refractivity contribution in [2.45, 2.75) is 20.4 Å². The highest BCUT2D eigenvalue weighted by Gasteiger charge is 2.21. The number of fused-ring (bicyclic) bond motifs is 1. The molecule has 30 heavy (non-hydrogen) atoms. The van der Waals surface area contributed by atoms with Gasteiger partial charge in [-0.3, -0.25) is 15.1 Å². The number of aromatic amines is 1. The van der Waals surface area contributed by atoms with Gasteiger partial charge < -0.3 is 14.9 Å². The van der Waals surface area contributed by atoms with Gasteiger partial charge in [0.1, 0.15) is 0 Å². The molecule has 0 aliphatic carbocycles. The predicted molar refractivity (Wildman–Crippen MR) is 113 cm³/mol. The molecule has 1 aromatic carbocycles. The molecule has 0 aliphatic heterocycles. The molecule has 3 heterocycles. The molecule has 4 rings (SSSR count). The number of hydrogen-bond donors (Lipinski definition) is 3. The van der Waals surface area contributed by atoms with Crippen LogP contribution in [-0.4, -0.2) is 42.9 Å². The number of carbonyl (C=O) groups is 2. The molecule has 152 valence electrons. The number of rotatable bonds is 6. The summed E-state index contributed by atoms with van der Waals surface area (Å²) in [4.78, 5) is 41.2. The highest BCUT2D eigenvalue weighted by molar-refractivity contribution is 6.15. The lowest BCUT2D eigenvalue weighted by Crippen LogP contribution is -2.28. The number of aryl methyl sites for hydroxylation is 1. The summed E-state index contributed by atoms with van der Waals surface area (Å²) < 4.78 is 1.79. The first kappa shape index (κ1) is 19.3. The summed E-state index contributed by atoms with van der Waals surface area (Å²) in [6, 6.07) is 7.02. The average molecular weight is 403 g/mol. The molecule has 0 radical (unpaired) electrons. The van der Waals surface area contributed by atoms with E-state index in [4.69, 9.17) is 0 Å². The van der Waals surface area contributed by atoms with E-state index in [2.05, 4.69) is 30.6 Å². The van der Waals surface area contributed by atoms with Crippen LogP contribution in [0.15, 0.2) is 49.1 Å². The SMILES string of the molecule is CCNC(=O)Nc1nc2cc(-c3cccnc3)cc(C(=O)c3nccn3CC)c2[nH]1. The molecule has 0 spiro atoms. The van der Waals surface area contributed by atoms with Crippen LogP contribution in [-0.2, 0) is 6.54 Å². The van der Waals surface area contributed by atoms with E-state index in [1.807, 2.05) is 32.0 Å². The second kappa shape index (κ2) is 8.16. The summed E-state index contributed by atoms with van der Waals surface area (Å²) in [6.07, 6.45) is 6.79. The van der Waals surface area contributed by atoms with Gasteiger partial charge in [0.15, 0.2) is 5.82 Å². The van der Waals surface area contributed by atoms with Gasteiger partial charge in [-0.05, 0) is 37.6 Å². The van der Waals surface area contributed by atoms with Crippen LogP contribution in [0.1, 0.15) is 30.0 Å². The second-order valence-corrected chi connectivity index (χ2v) is 6.60.